The number of halogens is 3. The van der Waals surface area contributed by atoms with Crippen LogP contribution in [0.2, 0.25) is 0 Å². The van der Waals surface area contributed by atoms with Crippen molar-refractivity contribution in [3.8, 4) is 0 Å². The number of hydrogen-bond acceptors (Lipinski definition) is 0. The van der Waals surface area contributed by atoms with Gasteiger partial charge < -0.3 is 0 Å². The summed E-state index contributed by atoms with van der Waals surface area (Å²) in [5, 5.41) is 0. The van der Waals surface area contributed by atoms with Gasteiger partial charge in [0, 0.05) is 0 Å². The molecule has 4 heteroatoms. The van der Waals surface area contributed by atoms with Gasteiger partial charge in [-0.3, -0.25) is 0 Å². The summed E-state index contributed by atoms with van der Waals surface area (Å²) >= 11 is -3.35. The van der Waals surface area contributed by atoms with Crippen molar-refractivity contribution in [3.05, 3.63) is 65.7 Å². The zero-order valence-electron chi connectivity index (χ0n) is 8.95. The molecule has 0 radical (unpaired) electrons. The molecule has 0 saturated carbocycles. The summed E-state index contributed by atoms with van der Waals surface area (Å²) in [6, 6.07) is 18.1. The van der Waals surface area contributed by atoms with E-state index >= 15 is 0 Å². The predicted molar refractivity (Wildman–Crippen MR) is 78.6 cm³/mol. The van der Waals surface area contributed by atoms with E-state index in [-0.39, 0.29) is 0 Å². The van der Waals surface area contributed by atoms with E-state index in [1.54, 1.807) is 0 Å². The molecule has 0 N–H and O–H groups in total. The van der Waals surface area contributed by atoms with Crippen LogP contribution in [-0.4, -0.2) is 14.8 Å². The number of benzene rings is 2. The number of rotatable bonds is 3. The van der Waals surface area contributed by atoms with Gasteiger partial charge in [0.05, 0.1) is 0 Å². The average Bonchev–Trinajstić information content (AvgIpc) is 2.30. The molecule has 0 heterocycles. The molecule has 0 aliphatic heterocycles. The molecule has 2 rings (SSSR count). The fourth-order valence-corrected chi connectivity index (χ4v) is 6.63. The Balaban J connectivity index is 2.34. The van der Waals surface area contributed by atoms with Crippen LogP contribution >= 0.6 is 26.9 Å². The van der Waals surface area contributed by atoms with Crippen LogP contribution in [0.5, 0.6) is 0 Å². The van der Waals surface area contributed by atoms with Crippen molar-refractivity contribution in [3.63, 3.8) is 0 Å². The van der Waals surface area contributed by atoms with Crippen molar-refractivity contribution < 1.29 is 0 Å². The maximum absolute atomic E-state index is 6.15. The van der Waals surface area contributed by atoms with Crippen LogP contribution in [0.3, 0.4) is 0 Å². The normalized spacial score (nSPS) is 12.4. The van der Waals surface area contributed by atoms with Crippen LogP contribution in [0.4, 0.5) is 0 Å². The molecule has 0 atom stereocenters. The Morgan fingerprint density at radius 1 is 0.765 bits per heavy atom. The SMILES string of the molecule is Cl[Te](Cl)(Cl)c1ccccc1Cc1ccccc1. The minimum atomic E-state index is -3.35. The second kappa shape index (κ2) is 5.83. The molecule has 0 fully saturated rings. The first-order chi connectivity index (χ1) is 8.07. The van der Waals surface area contributed by atoms with Gasteiger partial charge >= 0.3 is 117 Å². The van der Waals surface area contributed by atoms with Crippen molar-refractivity contribution in [2.45, 2.75) is 6.42 Å². The topological polar surface area (TPSA) is 0 Å². The van der Waals surface area contributed by atoms with Gasteiger partial charge in [0.25, 0.3) is 0 Å². The van der Waals surface area contributed by atoms with Gasteiger partial charge in [-0.1, -0.05) is 0 Å². The van der Waals surface area contributed by atoms with E-state index in [2.05, 4.69) is 12.1 Å². The maximum atomic E-state index is 6.15. The van der Waals surface area contributed by atoms with Crippen LogP contribution in [-0.2, 0) is 6.42 Å². The van der Waals surface area contributed by atoms with E-state index in [0.717, 1.165) is 15.6 Å². The van der Waals surface area contributed by atoms with Crippen molar-refractivity contribution in [1.29, 1.82) is 0 Å². The van der Waals surface area contributed by atoms with Gasteiger partial charge in [0.1, 0.15) is 0 Å². The Bertz CT molecular complexity index is 492. The molecule has 90 valence electrons. The van der Waals surface area contributed by atoms with Crippen molar-refractivity contribution in [1.82, 2.24) is 0 Å². The molecule has 0 aromatic heterocycles. The molecular formula is C13H11Cl3Te. The number of hydrogen-bond donors (Lipinski definition) is 0. The molecular weight excluding hydrogens is 390 g/mol. The van der Waals surface area contributed by atoms with Gasteiger partial charge in [0.15, 0.2) is 0 Å². The quantitative estimate of drug-likeness (QED) is 0.679. The Labute approximate surface area is 117 Å². The summed E-state index contributed by atoms with van der Waals surface area (Å²) in [6.45, 7) is 0. The first-order valence-electron chi connectivity index (χ1n) is 5.11. The van der Waals surface area contributed by atoms with E-state index < -0.39 is 14.8 Å². The zero-order chi connectivity index (χ0) is 12.3. The van der Waals surface area contributed by atoms with Crippen LogP contribution in [0.25, 0.3) is 0 Å². The Hall–Kier alpha value is 0.0996. The van der Waals surface area contributed by atoms with Gasteiger partial charge in [-0.05, 0) is 0 Å². The molecule has 2 aromatic carbocycles. The molecule has 0 unspecified atom stereocenters. The Morgan fingerprint density at radius 2 is 1.35 bits per heavy atom. The monoisotopic (exact) mass is 402 g/mol. The van der Waals surface area contributed by atoms with Crippen LogP contribution in [0.1, 0.15) is 11.1 Å². The van der Waals surface area contributed by atoms with Crippen molar-refractivity contribution in [2.24, 2.45) is 0 Å². The van der Waals surface area contributed by atoms with E-state index in [0.29, 0.717) is 0 Å². The first kappa shape index (κ1) is 13.5. The fourth-order valence-electron chi connectivity index (χ4n) is 1.69. The zero-order valence-corrected chi connectivity index (χ0v) is 13.5. The molecule has 17 heavy (non-hydrogen) atoms. The first-order valence-corrected chi connectivity index (χ1v) is 15.1. The third-order valence-corrected chi connectivity index (χ3v) is 8.36. The summed E-state index contributed by atoms with van der Waals surface area (Å²) in [7, 11) is 18.5. The standard InChI is InChI=1S/C13H11Cl3Te/c14-17(15,16)13-9-5-4-8-12(13)10-11-6-2-1-3-7-11/h1-9H,10H2. The Kier molecular flexibility index (Phi) is 4.64. The van der Waals surface area contributed by atoms with Crippen LogP contribution in [0.15, 0.2) is 54.6 Å². The van der Waals surface area contributed by atoms with Gasteiger partial charge in [-0.2, -0.15) is 0 Å². The summed E-state index contributed by atoms with van der Waals surface area (Å²) in [5.74, 6) is 0. The average molecular weight is 401 g/mol. The van der Waals surface area contributed by atoms with E-state index in [1.807, 2.05) is 42.5 Å². The van der Waals surface area contributed by atoms with E-state index in [9.17, 15) is 0 Å². The van der Waals surface area contributed by atoms with Crippen LogP contribution < -0.4 is 3.61 Å². The van der Waals surface area contributed by atoms with E-state index in [1.165, 1.54) is 5.56 Å². The molecule has 0 spiro atoms. The van der Waals surface area contributed by atoms with Gasteiger partial charge in [-0.25, -0.2) is 0 Å². The van der Waals surface area contributed by atoms with Crippen molar-refractivity contribution >= 4 is 45.3 Å². The van der Waals surface area contributed by atoms with E-state index in [4.69, 9.17) is 26.9 Å². The predicted octanol–water partition coefficient (Wildman–Crippen LogP) is 4.14. The second-order valence-corrected chi connectivity index (χ2v) is 19.7. The third-order valence-electron chi connectivity index (χ3n) is 2.46. The van der Waals surface area contributed by atoms with Gasteiger partial charge in [0.2, 0.25) is 0 Å². The molecule has 2 aromatic rings. The summed E-state index contributed by atoms with van der Waals surface area (Å²) in [6.07, 6.45) is 0.816. The summed E-state index contributed by atoms with van der Waals surface area (Å²) < 4.78 is 0.934. The second-order valence-electron chi connectivity index (χ2n) is 3.68. The van der Waals surface area contributed by atoms with Crippen molar-refractivity contribution in [2.75, 3.05) is 0 Å². The minimum absolute atomic E-state index is 0.816. The summed E-state index contributed by atoms with van der Waals surface area (Å²) in [5.41, 5.74) is 2.36. The molecule has 0 aliphatic rings. The van der Waals surface area contributed by atoms with Gasteiger partial charge in [-0.15, -0.1) is 0 Å². The summed E-state index contributed by atoms with van der Waals surface area (Å²) in [4.78, 5) is 0. The Morgan fingerprint density at radius 3 is 2.00 bits per heavy atom. The fraction of sp³-hybridized carbons (Fsp3) is 0.0769. The molecule has 0 aliphatic carbocycles. The molecule has 0 nitrogen and oxygen atoms in total. The third kappa shape index (κ3) is 3.78. The molecule has 0 saturated heterocycles. The molecule has 0 amide bonds. The van der Waals surface area contributed by atoms with Crippen LogP contribution in [0, 0.1) is 0 Å². The molecule has 0 bridgehead atoms.